The van der Waals surface area contributed by atoms with Crippen LogP contribution in [0.15, 0.2) is 30.4 Å². The molecule has 6 aliphatic rings. The highest BCUT2D eigenvalue weighted by molar-refractivity contribution is 6.22. The number of allylic oxidation sites excluding steroid dienone is 2. The predicted molar refractivity (Wildman–Crippen MR) is 90.3 cm³/mol. The number of amides is 2. The second-order valence-electron chi connectivity index (χ2n) is 8.33. The van der Waals surface area contributed by atoms with E-state index in [1.807, 2.05) is 6.07 Å². The lowest BCUT2D eigenvalue weighted by atomic mass is 9.63. The molecule has 0 unspecified atom stereocenters. The zero-order valence-corrected chi connectivity index (χ0v) is 13.7. The molecule has 3 nitrogen and oxygen atoms in total. The summed E-state index contributed by atoms with van der Waals surface area (Å²) in [5.74, 6) is 1.90. The van der Waals surface area contributed by atoms with Crippen LogP contribution in [-0.4, -0.2) is 11.8 Å². The van der Waals surface area contributed by atoms with E-state index >= 15 is 0 Å². The van der Waals surface area contributed by atoms with Crippen molar-refractivity contribution in [1.82, 2.24) is 0 Å². The highest BCUT2D eigenvalue weighted by Gasteiger charge is 2.67. The van der Waals surface area contributed by atoms with Gasteiger partial charge in [-0.3, -0.25) is 14.5 Å². The largest absolute Gasteiger partial charge is 0.274 e. The number of imide groups is 1. The summed E-state index contributed by atoms with van der Waals surface area (Å²) in [6, 6.07) is 6.24. The lowest BCUT2D eigenvalue weighted by Gasteiger charge is -2.37. The molecule has 3 fully saturated rings. The van der Waals surface area contributed by atoms with Gasteiger partial charge in [-0.25, -0.2) is 0 Å². The molecule has 1 heterocycles. The smallest absolute Gasteiger partial charge is 0.238 e. The van der Waals surface area contributed by atoms with Crippen LogP contribution in [0.5, 0.6) is 0 Å². The number of aryl methyl sites for hydroxylation is 2. The first-order valence-corrected chi connectivity index (χ1v) is 9.42. The van der Waals surface area contributed by atoms with Gasteiger partial charge in [-0.2, -0.15) is 0 Å². The second-order valence-corrected chi connectivity index (χ2v) is 8.33. The molecule has 0 N–H and O–H groups in total. The average molecular weight is 319 g/mol. The van der Waals surface area contributed by atoms with Gasteiger partial charge < -0.3 is 0 Å². The van der Waals surface area contributed by atoms with Crippen LogP contribution < -0.4 is 4.90 Å². The maximum Gasteiger partial charge on any atom is 0.238 e. The SMILES string of the molecule is O=C1[C@@H]2[C@H]3C=C[C@@H]([C@@H]4C[C@H]34)[C@H]2C(=O)N1c1ccc2c(c1)CCCC2. The van der Waals surface area contributed by atoms with E-state index in [1.165, 1.54) is 35.3 Å². The highest BCUT2D eigenvalue weighted by Crippen LogP contribution is 2.65. The Labute approximate surface area is 141 Å². The van der Waals surface area contributed by atoms with E-state index in [0.717, 1.165) is 18.5 Å². The number of carbonyl (C=O) groups excluding carboxylic acids is 2. The lowest BCUT2D eigenvalue weighted by Crippen LogP contribution is -2.40. The van der Waals surface area contributed by atoms with E-state index in [9.17, 15) is 9.59 Å². The summed E-state index contributed by atoms with van der Waals surface area (Å²) in [6.07, 6.45) is 10.3. The third-order valence-electron chi connectivity index (χ3n) is 7.25. The Balaban J connectivity index is 1.41. The third kappa shape index (κ3) is 1.54. The minimum absolute atomic E-state index is 0.0606. The number of hydrogen-bond acceptors (Lipinski definition) is 2. The number of benzene rings is 1. The Hall–Kier alpha value is -1.90. The van der Waals surface area contributed by atoms with Crippen LogP contribution in [0.1, 0.15) is 30.4 Å². The molecule has 2 bridgehead atoms. The van der Waals surface area contributed by atoms with E-state index < -0.39 is 0 Å². The number of carbonyl (C=O) groups is 2. The summed E-state index contributed by atoms with van der Waals surface area (Å²) < 4.78 is 0. The van der Waals surface area contributed by atoms with E-state index in [4.69, 9.17) is 0 Å². The van der Waals surface area contributed by atoms with Gasteiger partial charge in [-0.1, -0.05) is 18.2 Å². The fraction of sp³-hybridized carbons (Fsp3) is 0.524. The number of anilines is 1. The van der Waals surface area contributed by atoms with Crippen LogP contribution in [-0.2, 0) is 22.4 Å². The standard InChI is InChI=1S/C21H21NO2/c23-20-18-14-7-8-15(17-10-16(14)17)19(18)21(24)22(20)13-6-5-11-3-1-2-4-12(11)9-13/h5-9,14-19H,1-4,10H2/t14-,15-,16-,17+,18+,19+/m0/s1. The zero-order valence-electron chi connectivity index (χ0n) is 13.7. The summed E-state index contributed by atoms with van der Waals surface area (Å²) >= 11 is 0. The molecular formula is C21H21NO2. The van der Waals surface area contributed by atoms with E-state index in [1.54, 1.807) is 0 Å². The monoisotopic (exact) mass is 319 g/mol. The normalized spacial score (nSPS) is 41.2. The van der Waals surface area contributed by atoms with Crippen LogP contribution in [0, 0.1) is 35.5 Å². The van der Waals surface area contributed by atoms with Crippen molar-refractivity contribution in [3.63, 3.8) is 0 Å². The average Bonchev–Trinajstić information content (AvgIpc) is 3.39. The van der Waals surface area contributed by atoms with Crippen LogP contribution in [0.25, 0.3) is 0 Å². The van der Waals surface area contributed by atoms with Gasteiger partial charge in [0.1, 0.15) is 0 Å². The molecule has 1 saturated heterocycles. The van der Waals surface area contributed by atoms with E-state index in [2.05, 4.69) is 24.3 Å². The number of nitrogens with zero attached hydrogens (tertiary/aromatic N) is 1. The first-order valence-electron chi connectivity index (χ1n) is 9.42. The molecule has 1 aromatic rings. The number of hydrogen-bond donors (Lipinski definition) is 0. The van der Waals surface area contributed by atoms with Crippen molar-refractivity contribution in [2.24, 2.45) is 35.5 Å². The number of fused-ring (bicyclic) bond motifs is 1. The Kier molecular flexibility index (Phi) is 2.45. The Bertz CT molecular complexity index is 774. The molecule has 0 radical (unpaired) electrons. The first-order chi connectivity index (χ1) is 11.7. The van der Waals surface area contributed by atoms with Gasteiger partial charge in [0.15, 0.2) is 0 Å². The maximum absolute atomic E-state index is 13.1. The quantitative estimate of drug-likeness (QED) is 0.589. The minimum Gasteiger partial charge on any atom is -0.274 e. The first kappa shape index (κ1) is 13.4. The van der Waals surface area contributed by atoms with Crippen molar-refractivity contribution >= 4 is 17.5 Å². The lowest BCUT2D eigenvalue weighted by molar-refractivity contribution is -0.124. The van der Waals surface area contributed by atoms with Gasteiger partial charge in [-0.05, 0) is 79.0 Å². The zero-order chi connectivity index (χ0) is 16.0. The van der Waals surface area contributed by atoms with E-state index in [0.29, 0.717) is 23.7 Å². The Morgan fingerprint density at radius 3 is 2.12 bits per heavy atom. The van der Waals surface area contributed by atoms with Gasteiger partial charge in [0.05, 0.1) is 17.5 Å². The van der Waals surface area contributed by atoms with Gasteiger partial charge >= 0.3 is 0 Å². The molecule has 2 amide bonds. The van der Waals surface area contributed by atoms with Crippen molar-refractivity contribution < 1.29 is 9.59 Å². The third-order valence-corrected chi connectivity index (χ3v) is 7.25. The Morgan fingerprint density at radius 2 is 1.46 bits per heavy atom. The minimum atomic E-state index is -0.0905. The summed E-state index contributed by atoms with van der Waals surface area (Å²) in [7, 11) is 0. The summed E-state index contributed by atoms with van der Waals surface area (Å²) in [6.45, 7) is 0. The highest BCUT2D eigenvalue weighted by atomic mass is 16.2. The van der Waals surface area contributed by atoms with Crippen molar-refractivity contribution in [2.45, 2.75) is 32.1 Å². The molecule has 122 valence electrons. The molecule has 6 atom stereocenters. The van der Waals surface area contributed by atoms with Crippen molar-refractivity contribution in [1.29, 1.82) is 0 Å². The van der Waals surface area contributed by atoms with Crippen LogP contribution in [0.2, 0.25) is 0 Å². The Morgan fingerprint density at radius 1 is 0.833 bits per heavy atom. The fourth-order valence-corrected chi connectivity index (χ4v) is 6.07. The maximum atomic E-state index is 13.1. The molecular weight excluding hydrogens is 298 g/mol. The molecule has 0 spiro atoms. The second kappa shape index (κ2) is 4.38. The molecule has 2 saturated carbocycles. The molecule has 5 aliphatic carbocycles. The predicted octanol–water partition coefficient (Wildman–Crippen LogP) is 3.12. The molecule has 1 aliphatic heterocycles. The molecule has 0 aromatic heterocycles. The molecule has 3 heteroatoms. The summed E-state index contributed by atoms with van der Waals surface area (Å²) in [5.41, 5.74) is 3.54. The summed E-state index contributed by atoms with van der Waals surface area (Å²) in [5, 5.41) is 0. The summed E-state index contributed by atoms with van der Waals surface area (Å²) in [4.78, 5) is 27.8. The molecule has 7 rings (SSSR count). The topological polar surface area (TPSA) is 37.4 Å². The van der Waals surface area contributed by atoms with Crippen molar-refractivity contribution in [2.75, 3.05) is 4.90 Å². The van der Waals surface area contributed by atoms with Gasteiger partial charge in [0, 0.05) is 0 Å². The van der Waals surface area contributed by atoms with Crippen molar-refractivity contribution in [3.8, 4) is 0 Å². The molecule has 24 heavy (non-hydrogen) atoms. The van der Waals surface area contributed by atoms with Crippen LogP contribution >= 0.6 is 0 Å². The van der Waals surface area contributed by atoms with Gasteiger partial charge in [0.2, 0.25) is 11.8 Å². The number of rotatable bonds is 1. The van der Waals surface area contributed by atoms with Gasteiger partial charge in [0.25, 0.3) is 0 Å². The van der Waals surface area contributed by atoms with Crippen LogP contribution in [0.3, 0.4) is 0 Å². The van der Waals surface area contributed by atoms with Gasteiger partial charge in [-0.15, -0.1) is 0 Å². The molecule has 1 aromatic carbocycles. The van der Waals surface area contributed by atoms with E-state index in [-0.39, 0.29) is 23.7 Å². The van der Waals surface area contributed by atoms with Crippen molar-refractivity contribution in [3.05, 3.63) is 41.5 Å². The van der Waals surface area contributed by atoms with Crippen LogP contribution in [0.4, 0.5) is 5.69 Å². The fourth-order valence-electron chi connectivity index (χ4n) is 6.07.